The lowest BCUT2D eigenvalue weighted by molar-refractivity contribution is 0.487. The fourth-order valence-electron chi connectivity index (χ4n) is 2.12. The van der Waals surface area contributed by atoms with Gasteiger partial charge < -0.3 is 0 Å². The molecule has 0 N–H and O–H groups in total. The van der Waals surface area contributed by atoms with Crippen molar-refractivity contribution in [2.24, 2.45) is 0 Å². The highest BCUT2D eigenvalue weighted by Crippen LogP contribution is 2.27. The predicted octanol–water partition coefficient (Wildman–Crippen LogP) is 5.14. The fourth-order valence-corrected chi connectivity index (χ4v) is 2.12. The van der Waals surface area contributed by atoms with E-state index >= 15 is 0 Å². The Morgan fingerprint density at radius 2 is 1.28 bits per heavy atom. The summed E-state index contributed by atoms with van der Waals surface area (Å²) in [6, 6.07) is 13.0. The molecule has 1 nitrogen and oxygen atoms in total. The summed E-state index contributed by atoms with van der Waals surface area (Å²) in [7, 11) is 0. The summed E-state index contributed by atoms with van der Waals surface area (Å²) >= 11 is 0. The second kappa shape index (κ2) is 4.56. The van der Waals surface area contributed by atoms with E-state index in [2.05, 4.69) is 57.2 Å². The number of benzene rings is 1. The molecule has 0 spiro atoms. The Bertz CT molecular complexity index is 525. The van der Waals surface area contributed by atoms with Gasteiger partial charge in [0.2, 0.25) is 0 Å². The van der Waals surface area contributed by atoms with Gasteiger partial charge in [0.25, 0.3) is 0 Å². The second-order valence-electron chi connectivity index (χ2n) is 5.89. The molecule has 0 aliphatic carbocycles. The van der Waals surface area contributed by atoms with E-state index in [-0.39, 0.29) is 5.41 Å². The first kappa shape index (κ1) is 12.8. The third-order valence-electron chi connectivity index (χ3n) is 3.12. The topological polar surface area (TPSA) is 11.3 Å². The van der Waals surface area contributed by atoms with Gasteiger partial charge in [0.1, 0.15) is 0 Å². The number of hydrogen-bond donors (Lipinski definition) is 0. The summed E-state index contributed by atoms with van der Waals surface area (Å²) in [6.07, 6.45) is 0. The van der Waals surface area contributed by atoms with Crippen molar-refractivity contribution in [3.63, 3.8) is 0 Å². The Morgan fingerprint density at radius 1 is 0.778 bits per heavy atom. The van der Waals surface area contributed by atoms with Crippen LogP contribution in [0.5, 0.6) is 0 Å². The van der Waals surface area contributed by atoms with Crippen molar-refractivity contribution in [1.82, 2.24) is 0 Å². The maximum Gasteiger partial charge on any atom is 0.327 e. The average molecular weight is 241 g/mol. The summed E-state index contributed by atoms with van der Waals surface area (Å²) in [6.45, 7) is 10.7. The maximum atomic E-state index is 5.52. The first-order chi connectivity index (χ1) is 8.36. The fraction of sp³-hybridized carbons (Fsp3) is 0.353. The van der Waals surface area contributed by atoms with Gasteiger partial charge in [-0.3, -0.25) is 0 Å². The predicted molar refractivity (Wildman–Crippen MR) is 76.7 cm³/mol. The van der Waals surface area contributed by atoms with Crippen LogP contribution in [0.25, 0.3) is 11.1 Å². The molecule has 0 saturated carbocycles. The van der Waals surface area contributed by atoms with E-state index in [1.807, 2.05) is 13.8 Å². The number of hydrogen-bond acceptors (Lipinski definition) is 0. The monoisotopic (exact) mass is 241 g/mol. The number of aryl methyl sites for hydroxylation is 2. The third kappa shape index (κ3) is 2.79. The van der Waals surface area contributed by atoms with Crippen LogP contribution in [0.4, 0.5) is 0 Å². The van der Waals surface area contributed by atoms with Gasteiger partial charge in [0, 0.05) is 12.1 Å². The smallest absolute Gasteiger partial charge is 0.218 e. The molecule has 0 aliphatic heterocycles. The molecule has 94 valence electrons. The van der Waals surface area contributed by atoms with E-state index in [4.69, 9.17) is 4.42 Å². The van der Waals surface area contributed by atoms with Crippen LogP contribution >= 0.6 is 0 Å². The normalized spacial score (nSPS) is 11.6. The van der Waals surface area contributed by atoms with Crippen LogP contribution in [0.15, 0.2) is 40.8 Å². The van der Waals surface area contributed by atoms with Crippen LogP contribution in [0, 0.1) is 13.8 Å². The molecule has 0 amide bonds. The third-order valence-corrected chi connectivity index (χ3v) is 3.12. The van der Waals surface area contributed by atoms with E-state index in [1.165, 1.54) is 16.7 Å². The van der Waals surface area contributed by atoms with Gasteiger partial charge in [-0.15, -0.1) is 0 Å². The standard InChI is InChI=1S/C17H21O/c1-12-10-15(11-13(2)18-12)14-6-8-16(9-7-14)17(3,4)5/h6-11H,1-5H3/q+1. The summed E-state index contributed by atoms with van der Waals surface area (Å²) in [4.78, 5) is 0. The number of rotatable bonds is 1. The van der Waals surface area contributed by atoms with E-state index in [0.29, 0.717) is 0 Å². The minimum atomic E-state index is 0.205. The van der Waals surface area contributed by atoms with Gasteiger partial charge >= 0.3 is 11.5 Å². The summed E-state index contributed by atoms with van der Waals surface area (Å²) in [5, 5.41) is 0. The van der Waals surface area contributed by atoms with Gasteiger partial charge in [-0.05, 0) is 22.1 Å². The minimum absolute atomic E-state index is 0.205. The van der Waals surface area contributed by atoms with Gasteiger partial charge in [-0.25, -0.2) is 4.42 Å². The van der Waals surface area contributed by atoms with Crippen molar-refractivity contribution in [3.05, 3.63) is 53.5 Å². The quantitative estimate of drug-likeness (QED) is 0.629. The van der Waals surface area contributed by atoms with Crippen LogP contribution in [-0.4, -0.2) is 0 Å². The highest BCUT2D eigenvalue weighted by atomic mass is 16.3. The summed E-state index contributed by atoms with van der Waals surface area (Å²) < 4.78 is 5.52. The first-order valence-electron chi connectivity index (χ1n) is 6.38. The molecule has 0 atom stereocenters. The van der Waals surface area contributed by atoms with Crippen molar-refractivity contribution < 1.29 is 4.42 Å². The van der Waals surface area contributed by atoms with Crippen molar-refractivity contribution in [3.8, 4) is 11.1 Å². The van der Waals surface area contributed by atoms with E-state index in [9.17, 15) is 0 Å². The Labute approximate surface area is 109 Å². The van der Waals surface area contributed by atoms with E-state index < -0.39 is 0 Å². The van der Waals surface area contributed by atoms with Crippen LogP contribution in [0.1, 0.15) is 37.9 Å². The van der Waals surface area contributed by atoms with Crippen molar-refractivity contribution >= 4 is 0 Å². The molecule has 2 aromatic rings. The Morgan fingerprint density at radius 3 is 1.72 bits per heavy atom. The molecule has 0 fully saturated rings. The summed E-state index contributed by atoms with van der Waals surface area (Å²) in [5.74, 6) is 1.90. The largest absolute Gasteiger partial charge is 0.327 e. The first-order valence-corrected chi connectivity index (χ1v) is 6.38. The van der Waals surface area contributed by atoms with Crippen LogP contribution in [0.3, 0.4) is 0 Å². The molecule has 0 saturated heterocycles. The average Bonchev–Trinajstić information content (AvgIpc) is 2.27. The molecule has 0 unspecified atom stereocenters. The lowest BCUT2D eigenvalue weighted by atomic mass is 9.86. The zero-order chi connectivity index (χ0) is 13.3. The molecule has 18 heavy (non-hydrogen) atoms. The highest BCUT2D eigenvalue weighted by molar-refractivity contribution is 5.64. The van der Waals surface area contributed by atoms with Crippen LogP contribution in [0.2, 0.25) is 0 Å². The Hall–Kier alpha value is -1.63. The van der Waals surface area contributed by atoms with E-state index in [0.717, 1.165) is 11.5 Å². The molecule has 0 bridgehead atoms. The molecule has 2 rings (SSSR count). The molecule has 1 aromatic carbocycles. The molecule has 0 radical (unpaired) electrons. The molecular formula is C17H21O+. The second-order valence-corrected chi connectivity index (χ2v) is 5.89. The van der Waals surface area contributed by atoms with Crippen LogP contribution in [-0.2, 0) is 5.41 Å². The Balaban J connectivity index is 2.40. The van der Waals surface area contributed by atoms with Gasteiger partial charge in [0.05, 0.1) is 13.8 Å². The molecule has 1 heteroatoms. The maximum absolute atomic E-state index is 5.52. The lowest BCUT2D eigenvalue weighted by Crippen LogP contribution is -2.10. The molecule has 0 aliphatic rings. The lowest BCUT2D eigenvalue weighted by Gasteiger charge is -2.19. The highest BCUT2D eigenvalue weighted by Gasteiger charge is 2.14. The Kier molecular flexibility index (Phi) is 3.25. The van der Waals surface area contributed by atoms with Crippen LogP contribution < -0.4 is 0 Å². The summed E-state index contributed by atoms with van der Waals surface area (Å²) in [5.41, 5.74) is 4.03. The van der Waals surface area contributed by atoms with Crippen molar-refractivity contribution in [2.45, 2.75) is 40.0 Å². The zero-order valence-electron chi connectivity index (χ0n) is 11.9. The SMILES string of the molecule is Cc1cc(-c2ccc(C(C)(C)C)cc2)cc(C)[o+]1. The van der Waals surface area contributed by atoms with Gasteiger partial charge in [-0.1, -0.05) is 45.0 Å². The van der Waals surface area contributed by atoms with Crippen molar-refractivity contribution in [2.75, 3.05) is 0 Å². The van der Waals surface area contributed by atoms with Gasteiger partial charge in [-0.2, -0.15) is 0 Å². The molecular weight excluding hydrogens is 220 g/mol. The van der Waals surface area contributed by atoms with Crippen molar-refractivity contribution in [1.29, 1.82) is 0 Å². The van der Waals surface area contributed by atoms with Gasteiger partial charge in [0.15, 0.2) is 0 Å². The zero-order valence-corrected chi connectivity index (χ0v) is 11.9. The molecule has 1 aromatic heterocycles. The van der Waals surface area contributed by atoms with E-state index in [1.54, 1.807) is 0 Å². The minimum Gasteiger partial charge on any atom is -0.218 e. The molecule has 1 heterocycles.